The van der Waals surface area contributed by atoms with Crippen LogP contribution in [-0.2, 0) is 11.2 Å². The van der Waals surface area contributed by atoms with Gasteiger partial charge in [0.15, 0.2) is 0 Å². The molecule has 4 heteroatoms. The molecule has 0 spiro atoms. The number of hydrogen-bond donors (Lipinski definition) is 1. The van der Waals surface area contributed by atoms with Crippen molar-refractivity contribution in [2.24, 2.45) is 5.92 Å². The van der Waals surface area contributed by atoms with Crippen LogP contribution in [0.3, 0.4) is 0 Å². The number of rotatable bonds is 6. The zero-order valence-electron chi connectivity index (χ0n) is 11.1. The lowest BCUT2D eigenvalue weighted by Gasteiger charge is -2.26. The molecule has 18 heavy (non-hydrogen) atoms. The molecule has 0 bridgehead atoms. The minimum absolute atomic E-state index is 0.391. The summed E-state index contributed by atoms with van der Waals surface area (Å²) in [5.41, 5.74) is 0. The summed E-state index contributed by atoms with van der Waals surface area (Å²) in [6.45, 7) is 6.45. The molecule has 1 aromatic rings. The molecule has 2 heterocycles. The first-order valence-corrected chi connectivity index (χ1v) is 8.46. The SMILES string of the molecule is CCCNC(Cc1cc(Br)cs1)C1CCOC1C. The zero-order chi connectivity index (χ0) is 13.0. The maximum atomic E-state index is 5.72. The third-order valence-corrected chi connectivity index (χ3v) is 5.37. The topological polar surface area (TPSA) is 21.3 Å². The summed E-state index contributed by atoms with van der Waals surface area (Å²) in [5.74, 6) is 0.650. The van der Waals surface area contributed by atoms with Crippen molar-refractivity contribution in [3.05, 3.63) is 20.8 Å². The van der Waals surface area contributed by atoms with E-state index in [0.717, 1.165) is 19.6 Å². The normalized spacial score (nSPS) is 25.5. The minimum atomic E-state index is 0.391. The molecule has 1 aliphatic rings. The fraction of sp³-hybridized carbons (Fsp3) is 0.714. The quantitative estimate of drug-likeness (QED) is 0.854. The van der Waals surface area contributed by atoms with Crippen molar-refractivity contribution < 1.29 is 4.74 Å². The first kappa shape index (κ1) is 14.5. The Balaban J connectivity index is 2.00. The van der Waals surface area contributed by atoms with Crippen LogP contribution < -0.4 is 5.32 Å². The molecule has 0 aromatic carbocycles. The molecule has 1 N–H and O–H groups in total. The van der Waals surface area contributed by atoms with Gasteiger partial charge in [-0.05, 0) is 54.7 Å². The number of halogens is 1. The molecule has 3 atom stereocenters. The second-order valence-electron chi connectivity index (χ2n) is 5.02. The van der Waals surface area contributed by atoms with Gasteiger partial charge in [-0.25, -0.2) is 0 Å². The van der Waals surface area contributed by atoms with Gasteiger partial charge >= 0.3 is 0 Å². The Morgan fingerprint density at radius 2 is 2.44 bits per heavy atom. The van der Waals surface area contributed by atoms with Gasteiger partial charge in [0, 0.05) is 33.3 Å². The van der Waals surface area contributed by atoms with Crippen molar-refractivity contribution in [1.29, 1.82) is 0 Å². The largest absolute Gasteiger partial charge is 0.378 e. The molecule has 1 fully saturated rings. The summed E-state index contributed by atoms with van der Waals surface area (Å²) in [7, 11) is 0. The van der Waals surface area contributed by atoms with E-state index in [4.69, 9.17) is 4.74 Å². The second kappa shape index (κ2) is 7.04. The predicted octanol–water partition coefficient (Wildman–Crippen LogP) is 3.85. The van der Waals surface area contributed by atoms with Crippen LogP contribution in [0.4, 0.5) is 0 Å². The Bertz CT molecular complexity index is 368. The van der Waals surface area contributed by atoms with Crippen LogP contribution in [-0.4, -0.2) is 25.3 Å². The lowest BCUT2D eigenvalue weighted by Crippen LogP contribution is -2.41. The summed E-state index contributed by atoms with van der Waals surface area (Å²) in [5, 5.41) is 5.88. The molecule has 1 aromatic heterocycles. The summed E-state index contributed by atoms with van der Waals surface area (Å²) in [6.07, 6.45) is 3.89. The maximum Gasteiger partial charge on any atom is 0.0590 e. The molecular weight excluding hydrogens is 310 g/mol. The molecule has 1 saturated heterocycles. The van der Waals surface area contributed by atoms with Crippen LogP contribution in [0.25, 0.3) is 0 Å². The van der Waals surface area contributed by atoms with E-state index in [-0.39, 0.29) is 0 Å². The van der Waals surface area contributed by atoms with Gasteiger partial charge in [-0.1, -0.05) is 6.92 Å². The third kappa shape index (κ3) is 3.80. The highest BCUT2D eigenvalue weighted by atomic mass is 79.9. The Morgan fingerprint density at radius 3 is 3.00 bits per heavy atom. The van der Waals surface area contributed by atoms with Crippen molar-refractivity contribution in [3.63, 3.8) is 0 Å². The van der Waals surface area contributed by atoms with Gasteiger partial charge in [0.1, 0.15) is 0 Å². The molecule has 0 amide bonds. The molecule has 0 radical (unpaired) electrons. The van der Waals surface area contributed by atoms with Crippen LogP contribution in [0, 0.1) is 5.92 Å². The Kier molecular flexibility index (Phi) is 5.67. The van der Waals surface area contributed by atoms with E-state index in [0.29, 0.717) is 18.1 Å². The fourth-order valence-corrected chi connectivity index (χ4v) is 4.17. The van der Waals surface area contributed by atoms with Crippen LogP contribution in [0.5, 0.6) is 0 Å². The van der Waals surface area contributed by atoms with E-state index in [1.165, 1.54) is 22.2 Å². The summed E-state index contributed by atoms with van der Waals surface area (Å²) in [4.78, 5) is 1.45. The van der Waals surface area contributed by atoms with Gasteiger partial charge in [0.05, 0.1) is 6.10 Å². The van der Waals surface area contributed by atoms with Crippen molar-refractivity contribution in [1.82, 2.24) is 5.32 Å². The highest BCUT2D eigenvalue weighted by Crippen LogP contribution is 2.28. The molecule has 2 nitrogen and oxygen atoms in total. The lowest BCUT2D eigenvalue weighted by molar-refractivity contribution is 0.0955. The van der Waals surface area contributed by atoms with E-state index >= 15 is 0 Å². The second-order valence-corrected chi connectivity index (χ2v) is 6.94. The van der Waals surface area contributed by atoms with Crippen LogP contribution in [0.15, 0.2) is 15.9 Å². The average Bonchev–Trinajstić information content (AvgIpc) is 2.93. The number of ether oxygens (including phenoxy) is 1. The Morgan fingerprint density at radius 1 is 1.61 bits per heavy atom. The van der Waals surface area contributed by atoms with Crippen LogP contribution >= 0.6 is 27.3 Å². The summed E-state index contributed by atoms with van der Waals surface area (Å²) in [6, 6.07) is 2.79. The van der Waals surface area contributed by atoms with Gasteiger partial charge in [-0.15, -0.1) is 11.3 Å². The Labute approximate surface area is 122 Å². The molecule has 0 aliphatic carbocycles. The van der Waals surface area contributed by atoms with Gasteiger partial charge in [-0.3, -0.25) is 0 Å². The van der Waals surface area contributed by atoms with Crippen molar-refractivity contribution in [2.75, 3.05) is 13.2 Å². The van der Waals surface area contributed by atoms with Gasteiger partial charge in [0.25, 0.3) is 0 Å². The van der Waals surface area contributed by atoms with Crippen molar-refractivity contribution >= 4 is 27.3 Å². The Hall–Kier alpha value is 0.1000. The van der Waals surface area contributed by atoms with E-state index in [1.807, 2.05) is 11.3 Å². The minimum Gasteiger partial charge on any atom is -0.378 e. The van der Waals surface area contributed by atoms with E-state index in [2.05, 4.69) is 46.5 Å². The number of thiophene rings is 1. The van der Waals surface area contributed by atoms with E-state index in [9.17, 15) is 0 Å². The smallest absolute Gasteiger partial charge is 0.0590 e. The first-order valence-electron chi connectivity index (χ1n) is 6.78. The van der Waals surface area contributed by atoms with Crippen LogP contribution in [0.1, 0.15) is 31.6 Å². The summed E-state index contributed by atoms with van der Waals surface area (Å²) < 4.78 is 6.92. The predicted molar refractivity (Wildman–Crippen MR) is 81.3 cm³/mol. The molecule has 0 saturated carbocycles. The third-order valence-electron chi connectivity index (χ3n) is 3.65. The number of nitrogens with one attached hydrogen (secondary N) is 1. The van der Waals surface area contributed by atoms with Gasteiger partial charge in [0.2, 0.25) is 0 Å². The molecule has 102 valence electrons. The molecule has 1 aliphatic heterocycles. The highest BCUT2D eigenvalue weighted by Gasteiger charge is 2.31. The lowest BCUT2D eigenvalue weighted by atomic mass is 9.90. The zero-order valence-corrected chi connectivity index (χ0v) is 13.5. The number of hydrogen-bond acceptors (Lipinski definition) is 3. The van der Waals surface area contributed by atoms with Crippen LogP contribution in [0.2, 0.25) is 0 Å². The average molecular weight is 332 g/mol. The van der Waals surface area contributed by atoms with E-state index < -0.39 is 0 Å². The van der Waals surface area contributed by atoms with Crippen molar-refractivity contribution in [3.8, 4) is 0 Å². The standard InChI is InChI=1S/C14H22BrNOS/c1-3-5-16-14(13-4-6-17-10(13)2)8-12-7-11(15)9-18-12/h7,9-10,13-14,16H,3-6,8H2,1-2H3. The highest BCUT2D eigenvalue weighted by molar-refractivity contribution is 9.10. The molecule has 2 rings (SSSR count). The molecular formula is C14H22BrNOS. The van der Waals surface area contributed by atoms with Gasteiger partial charge < -0.3 is 10.1 Å². The van der Waals surface area contributed by atoms with E-state index in [1.54, 1.807) is 0 Å². The van der Waals surface area contributed by atoms with Crippen molar-refractivity contribution in [2.45, 2.75) is 45.3 Å². The maximum absolute atomic E-state index is 5.72. The summed E-state index contributed by atoms with van der Waals surface area (Å²) >= 11 is 5.38. The monoisotopic (exact) mass is 331 g/mol. The fourth-order valence-electron chi connectivity index (χ4n) is 2.66. The molecule has 3 unspecified atom stereocenters. The first-order chi connectivity index (χ1) is 8.70. The van der Waals surface area contributed by atoms with Gasteiger partial charge in [-0.2, -0.15) is 0 Å².